The van der Waals surface area contributed by atoms with Crippen LogP contribution in [0.25, 0.3) is 0 Å². The van der Waals surface area contributed by atoms with E-state index in [0.717, 1.165) is 0 Å². The highest BCUT2D eigenvalue weighted by atomic mass is 32.2. The van der Waals surface area contributed by atoms with Crippen LogP contribution in [0.5, 0.6) is 0 Å². The highest BCUT2D eigenvalue weighted by molar-refractivity contribution is 7.99. The molecule has 0 aromatic rings. The van der Waals surface area contributed by atoms with Gasteiger partial charge in [0.05, 0.1) is 0 Å². The fourth-order valence-corrected chi connectivity index (χ4v) is 3.89. The molecule has 1 heterocycles. The average Bonchev–Trinajstić information content (AvgIpc) is 2.33. The van der Waals surface area contributed by atoms with Crippen LogP contribution in [0.4, 0.5) is 0 Å². The van der Waals surface area contributed by atoms with Crippen molar-refractivity contribution >= 4 is 11.8 Å². The Labute approximate surface area is 105 Å². The minimum atomic E-state index is 0.533. The minimum absolute atomic E-state index is 0.533. The molecule has 0 radical (unpaired) electrons. The zero-order chi connectivity index (χ0) is 11.3. The van der Waals surface area contributed by atoms with E-state index in [1.165, 1.54) is 69.8 Å². The molecule has 0 amide bonds. The molecule has 3 heteroatoms. The zero-order valence-electron chi connectivity index (χ0n) is 10.6. The van der Waals surface area contributed by atoms with Crippen molar-refractivity contribution in [2.75, 3.05) is 37.7 Å². The molecule has 2 fully saturated rings. The Bertz CT molecular complexity index is 194. The van der Waals surface area contributed by atoms with Crippen molar-refractivity contribution in [2.24, 2.45) is 0 Å². The Morgan fingerprint density at radius 3 is 2.81 bits per heavy atom. The van der Waals surface area contributed by atoms with Crippen LogP contribution < -0.4 is 5.32 Å². The van der Waals surface area contributed by atoms with Gasteiger partial charge in [0.1, 0.15) is 0 Å². The minimum Gasteiger partial charge on any atom is -0.314 e. The van der Waals surface area contributed by atoms with Gasteiger partial charge in [-0.05, 0) is 18.6 Å². The maximum Gasteiger partial charge on any atom is 0.0334 e. The van der Waals surface area contributed by atoms with E-state index in [0.29, 0.717) is 5.54 Å². The summed E-state index contributed by atoms with van der Waals surface area (Å²) in [5, 5.41) is 3.62. The summed E-state index contributed by atoms with van der Waals surface area (Å²) in [5.41, 5.74) is 0.533. The van der Waals surface area contributed by atoms with Gasteiger partial charge in [-0.1, -0.05) is 26.2 Å². The largest absolute Gasteiger partial charge is 0.314 e. The van der Waals surface area contributed by atoms with E-state index in [4.69, 9.17) is 0 Å². The summed E-state index contributed by atoms with van der Waals surface area (Å²) < 4.78 is 0. The molecule has 1 N–H and O–H groups in total. The average molecular weight is 242 g/mol. The first-order valence-electron chi connectivity index (χ1n) is 6.91. The van der Waals surface area contributed by atoms with Gasteiger partial charge >= 0.3 is 0 Å². The Hall–Kier alpha value is 0.270. The number of hydrogen-bond donors (Lipinski definition) is 1. The van der Waals surface area contributed by atoms with Crippen LogP contribution in [0.1, 0.15) is 39.0 Å². The van der Waals surface area contributed by atoms with Crippen molar-refractivity contribution in [3.63, 3.8) is 0 Å². The molecule has 0 aromatic carbocycles. The van der Waals surface area contributed by atoms with E-state index in [-0.39, 0.29) is 0 Å². The molecule has 2 nitrogen and oxygen atoms in total. The normalized spacial score (nSPS) is 26.1. The van der Waals surface area contributed by atoms with E-state index < -0.39 is 0 Å². The van der Waals surface area contributed by atoms with E-state index in [1.807, 2.05) is 0 Å². The number of piperazine rings is 1. The van der Waals surface area contributed by atoms with Crippen LogP contribution in [0.15, 0.2) is 0 Å². The van der Waals surface area contributed by atoms with Crippen molar-refractivity contribution in [3.8, 4) is 0 Å². The highest BCUT2D eigenvalue weighted by Gasteiger charge is 2.38. The van der Waals surface area contributed by atoms with Crippen molar-refractivity contribution in [1.29, 1.82) is 0 Å². The van der Waals surface area contributed by atoms with E-state index >= 15 is 0 Å². The quantitative estimate of drug-likeness (QED) is 0.762. The lowest BCUT2D eigenvalue weighted by molar-refractivity contribution is 0.0333. The van der Waals surface area contributed by atoms with Crippen LogP contribution in [-0.2, 0) is 0 Å². The molecular weight excluding hydrogens is 216 g/mol. The maximum absolute atomic E-state index is 3.62. The second-order valence-electron chi connectivity index (χ2n) is 5.15. The Morgan fingerprint density at radius 1 is 1.25 bits per heavy atom. The van der Waals surface area contributed by atoms with Crippen molar-refractivity contribution in [1.82, 2.24) is 10.2 Å². The molecule has 1 aliphatic carbocycles. The van der Waals surface area contributed by atoms with Crippen molar-refractivity contribution in [2.45, 2.75) is 44.6 Å². The van der Waals surface area contributed by atoms with Gasteiger partial charge in [0.2, 0.25) is 0 Å². The maximum atomic E-state index is 3.62. The van der Waals surface area contributed by atoms with Gasteiger partial charge in [0.25, 0.3) is 0 Å². The third-order valence-electron chi connectivity index (χ3n) is 4.18. The first-order valence-corrected chi connectivity index (χ1v) is 8.06. The molecule has 16 heavy (non-hydrogen) atoms. The molecule has 0 atom stereocenters. The van der Waals surface area contributed by atoms with E-state index in [1.54, 1.807) is 0 Å². The van der Waals surface area contributed by atoms with Gasteiger partial charge in [-0.15, -0.1) is 0 Å². The summed E-state index contributed by atoms with van der Waals surface area (Å²) in [7, 11) is 0. The predicted octanol–water partition coefficient (Wildman–Crippen LogP) is 2.35. The Morgan fingerprint density at radius 2 is 2.06 bits per heavy atom. The lowest BCUT2D eigenvalue weighted by atomic mass is 9.79. The van der Waals surface area contributed by atoms with Crippen molar-refractivity contribution in [3.05, 3.63) is 0 Å². The summed E-state index contributed by atoms with van der Waals surface area (Å²) in [6.45, 7) is 7.27. The van der Waals surface area contributed by atoms with Gasteiger partial charge in [0, 0.05) is 37.5 Å². The Kier molecular flexibility index (Phi) is 4.98. The molecule has 1 saturated carbocycles. The predicted molar refractivity (Wildman–Crippen MR) is 73.3 cm³/mol. The van der Waals surface area contributed by atoms with Crippen LogP contribution in [0.2, 0.25) is 0 Å². The van der Waals surface area contributed by atoms with E-state index in [2.05, 4.69) is 28.9 Å². The Balaban J connectivity index is 1.90. The number of nitrogens with one attached hydrogen (secondary N) is 1. The van der Waals surface area contributed by atoms with Gasteiger partial charge in [-0.25, -0.2) is 0 Å². The standard InChI is InChI=1S/C13H26N2S/c1-2-16-11-10-15-9-8-14-12-13(15)6-4-3-5-7-13/h14H,2-12H2,1H3. The van der Waals surface area contributed by atoms with Gasteiger partial charge in [-0.2, -0.15) is 11.8 Å². The van der Waals surface area contributed by atoms with Gasteiger partial charge in [-0.3, -0.25) is 4.90 Å². The van der Waals surface area contributed by atoms with Crippen LogP contribution in [-0.4, -0.2) is 48.1 Å². The van der Waals surface area contributed by atoms with E-state index in [9.17, 15) is 0 Å². The highest BCUT2D eigenvalue weighted by Crippen LogP contribution is 2.34. The SMILES string of the molecule is CCSCCN1CCNCC12CCCCC2. The topological polar surface area (TPSA) is 15.3 Å². The molecular formula is C13H26N2S. The number of hydrogen-bond acceptors (Lipinski definition) is 3. The molecule has 2 aliphatic rings. The second-order valence-corrected chi connectivity index (χ2v) is 6.54. The number of thioether (sulfide) groups is 1. The van der Waals surface area contributed by atoms with Gasteiger partial charge < -0.3 is 5.32 Å². The summed E-state index contributed by atoms with van der Waals surface area (Å²) in [6.07, 6.45) is 7.20. The lowest BCUT2D eigenvalue weighted by Gasteiger charge is -2.50. The molecule has 0 bridgehead atoms. The second kappa shape index (κ2) is 6.27. The van der Waals surface area contributed by atoms with Gasteiger partial charge in [0.15, 0.2) is 0 Å². The summed E-state index contributed by atoms with van der Waals surface area (Å²) in [6, 6.07) is 0. The first kappa shape index (κ1) is 12.7. The van der Waals surface area contributed by atoms with Crippen LogP contribution in [0.3, 0.4) is 0 Å². The third kappa shape index (κ3) is 2.93. The van der Waals surface area contributed by atoms with Crippen LogP contribution in [0, 0.1) is 0 Å². The number of nitrogens with zero attached hydrogens (tertiary/aromatic N) is 1. The fourth-order valence-electron chi connectivity index (χ4n) is 3.26. The fraction of sp³-hybridized carbons (Fsp3) is 1.00. The zero-order valence-corrected chi connectivity index (χ0v) is 11.5. The third-order valence-corrected chi connectivity index (χ3v) is 5.06. The monoisotopic (exact) mass is 242 g/mol. The first-order chi connectivity index (χ1) is 7.87. The van der Waals surface area contributed by atoms with Crippen molar-refractivity contribution < 1.29 is 0 Å². The number of rotatable bonds is 4. The molecule has 0 unspecified atom stereocenters. The molecule has 1 aliphatic heterocycles. The van der Waals surface area contributed by atoms with Crippen LogP contribution >= 0.6 is 11.8 Å². The lowest BCUT2D eigenvalue weighted by Crippen LogP contribution is -2.62. The molecule has 2 rings (SSSR count). The molecule has 0 aromatic heterocycles. The molecule has 94 valence electrons. The smallest absolute Gasteiger partial charge is 0.0334 e. The summed E-state index contributed by atoms with van der Waals surface area (Å²) in [4.78, 5) is 2.80. The summed E-state index contributed by atoms with van der Waals surface area (Å²) >= 11 is 2.09. The molecule has 1 saturated heterocycles. The summed E-state index contributed by atoms with van der Waals surface area (Å²) in [5.74, 6) is 2.58. The molecule has 1 spiro atoms.